The Labute approximate surface area is 333 Å². The van der Waals surface area contributed by atoms with Crippen LogP contribution in [-0.2, 0) is 19.1 Å². The third-order valence-corrected chi connectivity index (χ3v) is 10.2. The first-order valence-electron chi connectivity index (χ1n) is 22.7. The topological polar surface area (TPSA) is 93.1 Å². The molecular formula is C48H86O6. The number of aliphatic hydroxyl groups excluding tert-OH is 2. The van der Waals surface area contributed by atoms with E-state index in [0.29, 0.717) is 19.3 Å². The number of rotatable bonds is 40. The molecule has 0 fully saturated rings. The van der Waals surface area contributed by atoms with Crippen LogP contribution < -0.4 is 0 Å². The average molecular weight is 759 g/mol. The maximum absolute atomic E-state index is 12.0. The van der Waals surface area contributed by atoms with E-state index in [0.717, 1.165) is 44.4 Å². The molecule has 0 spiro atoms. The predicted octanol–water partition coefficient (Wildman–Crippen LogP) is 13.4. The summed E-state index contributed by atoms with van der Waals surface area (Å²) in [4.78, 5) is 24.0. The summed E-state index contributed by atoms with van der Waals surface area (Å²) in [5.74, 6) is 0.247. The second-order valence-corrected chi connectivity index (χ2v) is 15.6. The molecule has 0 radical (unpaired) electrons. The number of hydrogen-bond donors (Lipinski definition) is 2. The van der Waals surface area contributed by atoms with E-state index in [2.05, 4.69) is 26.8 Å². The molecule has 0 rings (SSSR count). The van der Waals surface area contributed by atoms with Crippen molar-refractivity contribution in [2.75, 3.05) is 13.2 Å². The van der Waals surface area contributed by atoms with Gasteiger partial charge in [0.2, 0.25) is 0 Å². The van der Waals surface area contributed by atoms with Crippen molar-refractivity contribution in [2.24, 2.45) is 5.92 Å². The van der Waals surface area contributed by atoms with Crippen molar-refractivity contribution in [1.82, 2.24) is 0 Å². The van der Waals surface area contributed by atoms with Crippen LogP contribution in [-0.4, -0.2) is 47.6 Å². The highest BCUT2D eigenvalue weighted by atomic mass is 16.6. The highest BCUT2D eigenvalue weighted by Crippen LogP contribution is 2.17. The highest BCUT2D eigenvalue weighted by molar-refractivity contribution is 5.69. The van der Waals surface area contributed by atoms with Crippen LogP contribution in [0.1, 0.15) is 213 Å². The maximum atomic E-state index is 12.0. The Morgan fingerprint density at radius 1 is 0.537 bits per heavy atom. The molecule has 0 bridgehead atoms. The van der Waals surface area contributed by atoms with Gasteiger partial charge in [-0.05, 0) is 50.9 Å². The largest absolute Gasteiger partial charge is 0.463 e. The molecule has 0 aromatic heterocycles. The minimum atomic E-state index is -1.01. The van der Waals surface area contributed by atoms with E-state index < -0.39 is 12.2 Å². The molecule has 0 aromatic rings. The van der Waals surface area contributed by atoms with Crippen LogP contribution in [0.2, 0.25) is 0 Å². The molecule has 2 N–H and O–H groups in total. The number of carbonyl (C=O) groups is 2. The number of unbranched alkanes of at least 4 members (excludes halogenated alkanes) is 21. The van der Waals surface area contributed by atoms with E-state index in [1.807, 2.05) is 42.5 Å². The zero-order valence-corrected chi connectivity index (χ0v) is 35.5. The summed E-state index contributed by atoms with van der Waals surface area (Å²) < 4.78 is 10.3. The Hall–Kier alpha value is -2.18. The average Bonchev–Trinajstić information content (AvgIpc) is 3.17. The summed E-state index contributed by atoms with van der Waals surface area (Å²) in [6, 6.07) is 0. The molecule has 54 heavy (non-hydrogen) atoms. The van der Waals surface area contributed by atoms with Crippen LogP contribution in [0.4, 0.5) is 0 Å². The minimum absolute atomic E-state index is 0.148. The summed E-state index contributed by atoms with van der Waals surface area (Å²) in [7, 11) is 0. The first kappa shape index (κ1) is 51.8. The second-order valence-electron chi connectivity index (χ2n) is 15.6. The molecule has 0 aliphatic carbocycles. The van der Waals surface area contributed by atoms with Crippen molar-refractivity contribution in [1.29, 1.82) is 0 Å². The van der Waals surface area contributed by atoms with Gasteiger partial charge in [0.25, 0.3) is 0 Å². The fourth-order valence-electron chi connectivity index (χ4n) is 6.31. The molecule has 0 heterocycles. The summed E-state index contributed by atoms with van der Waals surface area (Å²) in [6.45, 7) is 6.57. The van der Waals surface area contributed by atoms with Gasteiger partial charge in [-0.3, -0.25) is 9.59 Å². The summed E-state index contributed by atoms with van der Waals surface area (Å²) in [6.07, 6.45) is 49.2. The Morgan fingerprint density at radius 2 is 1.02 bits per heavy atom. The molecule has 3 atom stereocenters. The van der Waals surface area contributed by atoms with Gasteiger partial charge in [0.05, 0.1) is 6.10 Å². The lowest BCUT2D eigenvalue weighted by molar-refractivity contribution is -0.152. The van der Waals surface area contributed by atoms with Crippen LogP contribution >= 0.6 is 0 Å². The van der Waals surface area contributed by atoms with Gasteiger partial charge in [-0.25, -0.2) is 0 Å². The van der Waals surface area contributed by atoms with Crippen molar-refractivity contribution in [3.63, 3.8) is 0 Å². The van der Waals surface area contributed by atoms with Gasteiger partial charge >= 0.3 is 11.9 Å². The van der Waals surface area contributed by atoms with Gasteiger partial charge in [-0.15, -0.1) is 0 Å². The summed E-state index contributed by atoms with van der Waals surface area (Å²) in [5, 5.41) is 20.0. The molecule has 0 aliphatic rings. The van der Waals surface area contributed by atoms with Crippen molar-refractivity contribution >= 4 is 11.9 Å². The van der Waals surface area contributed by atoms with Crippen LogP contribution in [0.3, 0.4) is 0 Å². The first-order chi connectivity index (χ1) is 26.4. The van der Waals surface area contributed by atoms with Crippen LogP contribution in [0.25, 0.3) is 0 Å². The quantitative estimate of drug-likeness (QED) is 0.0280. The normalized spacial score (nSPS) is 13.8. The van der Waals surface area contributed by atoms with E-state index in [9.17, 15) is 19.8 Å². The van der Waals surface area contributed by atoms with Crippen molar-refractivity contribution < 1.29 is 29.3 Å². The Balaban J connectivity index is 3.52. The molecule has 6 nitrogen and oxygen atoms in total. The number of esters is 2. The molecule has 0 aromatic carbocycles. The monoisotopic (exact) mass is 759 g/mol. The highest BCUT2D eigenvalue weighted by Gasteiger charge is 2.12. The molecule has 314 valence electrons. The summed E-state index contributed by atoms with van der Waals surface area (Å²) >= 11 is 0. The standard InChI is InChI=1S/C48H86O6/c1-4-6-7-8-22-28-33-38-45(49)39-34-29-24-21-26-31-36-41-48(52)54-43-46(50)42-53-47(51)40-35-30-25-20-18-16-14-12-10-9-11-13-15-17-19-23-27-32-37-44(3)5-2/h21-22,26,28-29,33-34,38,44-46,49-50H,4-20,23-25,27,30-32,35-37,39-43H2,1-3H3/b26-21+,28-22-,34-29-,38-33-/t44?,45-,46-/m1/s1. The van der Waals surface area contributed by atoms with E-state index in [-0.39, 0.29) is 31.6 Å². The molecule has 0 amide bonds. The van der Waals surface area contributed by atoms with Gasteiger partial charge in [-0.2, -0.15) is 0 Å². The number of aliphatic hydroxyl groups is 2. The second kappa shape index (κ2) is 42.0. The lowest BCUT2D eigenvalue weighted by atomic mass is 9.99. The molecule has 0 saturated heterocycles. The van der Waals surface area contributed by atoms with E-state index in [1.165, 1.54) is 128 Å². The van der Waals surface area contributed by atoms with Gasteiger partial charge in [-0.1, -0.05) is 204 Å². The van der Waals surface area contributed by atoms with E-state index in [1.54, 1.807) is 0 Å². The minimum Gasteiger partial charge on any atom is -0.463 e. The lowest BCUT2D eigenvalue weighted by Crippen LogP contribution is -2.25. The molecule has 6 heteroatoms. The number of carbonyl (C=O) groups excluding carboxylic acids is 2. The van der Waals surface area contributed by atoms with Crippen molar-refractivity contribution in [3.8, 4) is 0 Å². The number of allylic oxidation sites excluding steroid dienone is 6. The van der Waals surface area contributed by atoms with Crippen LogP contribution in [0.5, 0.6) is 0 Å². The van der Waals surface area contributed by atoms with Gasteiger partial charge < -0.3 is 19.7 Å². The Morgan fingerprint density at radius 3 is 1.56 bits per heavy atom. The predicted molar refractivity (Wildman–Crippen MR) is 230 cm³/mol. The molecule has 1 unspecified atom stereocenters. The number of ether oxygens (including phenoxy) is 2. The van der Waals surface area contributed by atoms with E-state index in [4.69, 9.17) is 9.47 Å². The maximum Gasteiger partial charge on any atom is 0.305 e. The van der Waals surface area contributed by atoms with Gasteiger partial charge in [0.1, 0.15) is 19.3 Å². The fourth-order valence-corrected chi connectivity index (χ4v) is 6.31. The summed E-state index contributed by atoms with van der Waals surface area (Å²) in [5.41, 5.74) is 0. The van der Waals surface area contributed by atoms with Gasteiger partial charge in [0, 0.05) is 12.8 Å². The van der Waals surface area contributed by atoms with Gasteiger partial charge in [0.15, 0.2) is 0 Å². The molecule has 0 aliphatic heterocycles. The fraction of sp³-hybridized carbons (Fsp3) is 0.792. The first-order valence-corrected chi connectivity index (χ1v) is 22.7. The Bertz CT molecular complexity index is 937. The Kier molecular flexibility index (Phi) is 40.3. The SMILES string of the molecule is CCCCC/C=C\C=C/[C@@H](O)C/C=C\C/C=C/CCCC(=O)OC[C@H](O)COC(=O)CCCCCCCCCCCCCCCCCCCCC(C)CC. The smallest absolute Gasteiger partial charge is 0.305 e. The van der Waals surface area contributed by atoms with Crippen LogP contribution in [0, 0.1) is 5.92 Å². The molecule has 0 saturated carbocycles. The number of hydrogen-bond acceptors (Lipinski definition) is 6. The molecular weight excluding hydrogens is 673 g/mol. The van der Waals surface area contributed by atoms with Crippen LogP contribution in [0.15, 0.2) is 48.6 Å². The third kappa shape index (κ3) is 41.0. The van der Waals surface area contributed by atoms with E-state index >= 15 is 0 Å². The van der Waals surface area contributed by atoms with Crippen molar-refractivity contribution in [2.45, 2.75) is 226 Å². The van der Waals surface area contributed by atoms with Crippen molar-refractivity contribution in [3.05, 3.63) is 48.6 Å². The zero-order valence-electron chi connectivity index (χ0n) is 35.5. The third-order valence-electron chi connectivity index (χ3n) is 10.2. The zero-order chi connectivity index (χ0) is 39.6. The lowest BCUT2D eigenvalue weighted by Gasteiger charge is -2.12.